The number of hydrogen-bond donors (Lipinski definition) is 8. The molecular weight excluding hydrogens is 784 g/mol. The Morgan fingerprint density at radius 3 is 2.10 bits per heavy atom. The summed E-state index contributed by atoms with van der Waals surface area (Å²) in [5.74, 6) is 2.65. The molecular formula is C44H70O16. The van der Waals surface area contributed by atoms with Crippen LogP contribution in [0.25, 0.3) is 0 Å². The van der Waals surface area contributed by atoms with Crippen LogP contribution in [0.3, 0.4) is 0 Å². The lowest BCUT2D eigenvalue weighted by Gasteiger charge is -2.58. The van der Waals surface area contributed by atoms with E-state index in [9.17, 15) is 40.9 Å². The van der Waals surface area contributed by atoms with Crippen LogP contribution in [0.5, 0.6) is 0 Å². The fourth-order valence-corrected chi connectivity index (χ4v) is 13.8. The minimum absolute atomic E-state index is 0.0141. The summed E-state index contributed by atoms with van der Waals surface area (Å²) < 4.78 is 49.9. The van der Waals surface area contributed by atoms with Crippen molar-refractivity contribution in [2.75, 3.05) is 19.8 Å². The molecule has 5 heterocycles. The highest BCUT2D eigenvalue weighted by Gasteiger charge is 2.69. The van der Waals surface area contributed by atoms with Crippen LogP contribution >= 0.6 is 0 Å². The Bertz CT molecular complexity index is 1560. The normalized spacial score (nSPS) is 57.7. The number of aliphatic hydroxyl groups excluding tert-OH is 8. The van der Waals surface area contributed by atoms with E-state index in [0.29, 0.717) is 48.3 Å². The summed E-state index contributed by atoms with van der Waals surface area (Å²) >= 11 is 0. The van der Waals surface area contributed by atoms with Gasteiger partial charge in [0.2, 0.25) is 0 Å². The minimum atomic E-state index is -1.70. The lowest BCUT2D eigenvalue weighted by molar-refractivity contribution is -0.380. The molecule has 9 aliphatic rings. The van der Waals surface area contributed by atoms with E-state index in [0.717, 1.165) is 45.1 Å². The Morgan fingerprint density at radius 1 is 0.700 bits per heavy atom. The molecule has 0 bridgehead atoms. The Kier molecular flexibility index (Phi) is 12.2. The Hall–Kier alpha value is -0.900. The minimum Gasteiger partial charge on any atom is -0.394 e. The first-order valence-electron chi connectivity index (χ1n) is 22.8. The molecule has 0 aromatic rings. The van der Waals surface area contributed by atoms with Gasteiger partial charge in [-0.1, -0.05) is 39.3 Å². The maximum absolute atomic E-state index is 11.9. The zero-order valence-corrected chi connectivity index (χ0v) is 35.6. The van der Waals surface area contributed by atoms with Crippen LogP contribution in [0.1, 0.15) is 92.4 Å². The molecule has 0 unspecified atom stereocenters. The van der Waals surface area contributed by atoms with Crippen molar-refractivity contribution in [2.45, 2.75) is 196 Å². The first-order valence-corrected chi connectivity index (χ1v) is 22.8. The standard InChI is InChI=1S/C44H70O16/c1-19-8-13-44(53-18-19)20(2)30-27(60-44)15-26-24-7-6-22-14-23(9-11-42(22,4)25(24)10-12-43(26,30)5)55-41-38(59-39-35(51)33(49)31(47)21(3)54-39)36(52)37(29(17-46)57-41)58-40-34(50)32(48)28(16-45)56-40/h6,19-21,23-41,45-52H,7-18H2,1-5H3/t19-,20-,21-,23-,24-,25+,26+,27+,28-,29-,30-,31-,32-,33-,34-,35-,36-,37-,38-,39-,40-,41+,42+,43+,44-/m1/s1. The highest BCUT2D eigenvalue weighted by atomic mass is 16.8. The van der Waals surface area contributed by atoms with Crippen molar-refractivity contribution in [2.24, 2.45) is 46.3 Å². The first kappa shape index (κ1) is 44.3. The number of hydrogen-bond acceptors (Lipinski definition) is 16. The van der Waals surface area contributed by atoms with E-state index >= 15 is 0 Å². The lowest BCUT2D eigenvalue weighted by atomic mass is 9.47. The van der Waals surface area contributed by atoms with Crippen molar-refractivity contribution in [3.8, 4) is 0 Å². The molecule has 0 amide bonds. The quantitative estimate of drug-likeness (QED) is 0.158. The van der Waals surface area contributed by atoms with E-state index in [4.69, 9.17) is 37.9 Å². The van der Waals surface area contributed by atoms with Crippen LogP contribution < -0.4 is 0 Å². The van der Waals surface area contributed by atoms with Gasteiger partial charge >= 0.3 is 0 Å². The number of allylic oxidation sites excluding steroid dienone is 1. The molecule has 60 heavy (non-hydrogen) atoms. The molecule has 1 spiro atoms. The molecule has 8 fully saturated rings. The van der Waals surface area contributed by atoms with Gasteiger partial charge in [0.1, 0.15) is 61.0 Å². The van der Waals surface area contributed by atoms with Crippen LogP contribution in [0.4, 0.5) is 0 Å². The van der Waals surface area contributed by atoms with E-state index < -0.39 is 105 Å². The van der Waals surface area contributed by atoms with Gasteiger partial charge in [0, 0.05) is 12.3 Å². The van der Waals surface area contributed by atoms with E-state index in [-0.39, 0.29) is 23.0 Å². The molecule has 0 radical (unpaired) electrons. The summed E-state index contributed by atoms with van der Waals surface area (Å²) in [6, 6.07) is 0. The van der Waals surface area contributed by atoms with Crippen LogP contribution in [-0.2, 0) is 37.9 Å². The molecule has 0 aromatic carbocycles. The summed E-state index contributed by atoms with van der Waals surface area (Å²) in [5.41, 5.74) is 1.54. The molecule has 0 aromatic heterocycles. The zero-order chi connectivity index (χ0) is 42.6. The molecule has 9 rings (SSSR count). The van der Waals surface area contributed by atoms with Crippen LogP contribution in [0.15, 0.2) is 11.6 Å². The molecule has 342 valence electrons. The van der Waals surface area contributed by atoms with Crippen LogP contribution in [0.2, 0.25) is 0 Å². The maximum Gasteiger partial charge on any atom is 0.187 e. The predicted octanol–water partition coefficient (Wildman–Crippen LogP) is 0.853. The average molecular weight is 855 g/mol. The number of rotatable bonds is 8. The second kappa shape index (κ2) is 16.5. The van der Waals surface area contributed by atoms with Crippen LogP contribution in [0, 0.1) is 46.3 Å². The number of ether oxygens (including phenoxy) is 8. The summed E-state index contributed by atoms with van der Waals surface area (Å²) in [6.07, 6.45) is -8.79. The van der Waals surface area contributed by atoms with Gasteiger partial charge in [-0.25, -0.2) is 0 Å². The summed E-state index contributed by atoms with van der Waals surface area (Å²) in [5, 5.41) is 84.8. The summed E-state index contributed by atoms with van der Waals surface area (Å²) in [6.45, 7) is 10.7. The van der Waals surface area contributed by atoms with Gasteiger partial charge in [-0.3, -0.25) is 0 Å². The van der Waals surface area contributed by atoms with Gasteiger partial charge in [0.05, 0.1) is 38.1 Å². The van der Waals surface area contributed by atoms with E-state index in [2.05, 4.69) is 33.8 Å². The van der Waals surface area contributed by atoms with Gasteiger partial charge in [-0.15, -0.1) is 0 Å². The molecule has 25 atom stereocenters. The number of fused-ring (bicyclic) bond motifs is 7. The molecule has 4 aliphatic carbocycles. The third kappa shape index (κ3) is 7.10. The Labute approximate surface area is 352 Å². The smallest absolute Gasteiger partial charge is 0.187 e. The van der Waals surface area contributed by atoms with Gasteiger partial charge < -0.3 is 78.7 Å². The van der Waals surface area contributed by atoms with E-state index in [1.54, 1.807) is 0 Å². The monoisotopic (exact) mass is 854 g/mol. The Morgan fingerprint density at radius 2 is 1.40 bits per heavy atom. The topological polar surface area (TPSA) is 236 Å². The van der Waals surface area contributed by atoms with Crippen molar-refractivity contribution >= 4 is 0 Å². The summed E-state index contributed by atoms with van der Waals surface area (Å²) in [4.78, 5) is 0. The highest BCUT2D eigenvalue weighted by Crippen LogP contribution is 2.70. The average Bonchev–Trinajstić information content (AvgIpc) is 3.79. The third-order valence-corrected chi connectivity index (χ3v) is 17.3. The molecule has 5 aliphatic heterocycles. The molecule has 8 N–H and O–H groups in total. The van der Waals surface area contributed by atoms with Crippen molar-refractivity contribution < 1.29 is 78.7 Å². The molecule has 3 saturated carbocycles. The number of aliphatic hydroxyl groups is 8. The highest BCUT2D eigenvalue weighted by molar-refractivity contribution is 5.26. The lowest BCUT2D eigenvalue weighted by Crippen LogP contribution is -2.65. The van der Waals surface area contributed by atoms with E-state index in [1.165, 1.54) is 18.9 Å². The first-order chi connectivity index (χ1) is 28.5. The zero-order valence-electron chi connectivity index (χ0n) is 35.6. The fourth-order valence-electron chi connectivity index (χ4n) is 13.8. The third-order valence-electron chi connectivity index (χ3n) is 17.3. The van der Waals surface area contributed by atoms with Gasteiger partial charge in [-0.05, 0) is 98.7 Å². The van der Waals surface area contributed by atoms with Gasteiger partial charge in [-0.2, -0.15) is 0 Å². The van der Waals surface area contributed by atoms with Gasteiger partial charge in [0.15, 0.2) is 24.7 Å². The van der Waals surface area contributed by atoms with Gasteiger partial charge in [0.25, 0.3) is 0 Å². The molecule has 16 heteroatoms. The largest absolute Gasteiger partial charge is 0.394 e. The maximum atomic E-state index is 11.9. The summed E-state index contributed by atoms with van der Waals surface area (Å²) in [7, 11) is 0. The second-order valence-corrected chi connectivity index (χ2v) is 20.6. The SMILES string of the molecule is C[C@@H]1CC[C@@]2(OC1)O[C@H]1C[C@H]3[C@@H]4CC=C5C[C@H](O[C@H]6O[C@H](CO)[C@@H](O[C@H]7O[C@H](CO)[C@@H](O)[C@H]7O)[C@@H](O)[C@H]6O[C@H]6O[C@H](C)[C@@H](O)[C@@H](O)[C@H]6O)CC[C@]5(C)[C@H]4CC[C@]3(C)[C@@H]1[C@H]2C. The van der Waals surface area contributed by atoms with Crippen molar-refractivity contribution in [3.05, 3.63) is 11.6 Å². The van der Waals surface area contributed by atoms with E-state index in [1.807, 2.05) is 0 Å². The fraction of sp³-hybridized carbons (Fsp3) is 0.955. The predicted molar refractivity (Wildman–Crippen MR) is 208 cm³/mol. The second-order valence-electron chi connectivity index (χ2n) is 20.6. The molecule has 5 saturated heterocycles. The van der Waals surface area contributed by atoms with Crippen molar-refractivity contribution in [1.82, 2.24) is 0 Å². The van der Waals surface area contributed by atoms with Crippen LogP contribution in [-0.4, -0.2) is 165 Å². The van der Waals surface area contributed by atoms with Crippen molar-refractivity contribution in [3.63, 3.8) is 0 Å². The van der Waals surface area contributed by atoms with Crippen molar-refractivity contribution in [1.29, 1.82) is 0 Å². The molecule has 16 nitrogen and oxygen atoms in total. The Balaban J connectivity index is 0.913.